The number of carbonyl (C=O) groups excluding carboxylic acids is 1. The maximum atomic E-state index is 11.9. The van der Waals surface area contributed by atoms with Crippen molar-refractivity contribution in [3.63, 3.8) is 0 Å². The highest BCUT2D eigenvalue weighted by molar-refractivity contribution is 6.30. The molecule has 4 rings (SSSR count). The minimum absolute atomic E-state index is 0. The number of carbonyl (C=O) groups is 1. The summed E-state index contributed by atoms with van der Waals surface area (Å²) in [6, 6.07) is 19.1. The van der Waals surface area contributed by atoms with Crippen molar-refractivity contribution in [3.8, 4) is 0 Å². The van der Waals surface area contributed by atoms with Crippen molar-refractivity contribution < 1.29 is 4.79 Å². The van der Waals surface area contributed by atoms with Gasteiger partial charge in [-0.25, -0.2) is 0 Å². The van der Waals surface area contributed by atoms with E-state index < -0.39 is 0 Å². The smallest absolute Gasteiger partial charge is 0.269 e. The van der Waals surface area contributed by atoms with Gasteiger partial charge in [-0.05, 0) is 42.0 Å². The van der Waals surface area contributed by atoms with Crippen LogP contribution < -0.4 is 10.6 Å². The molecule has 0 bridgehead atoms. The van der Waals surface area contributed by atoms with Crippen molar-refractivity contribution >= 4 is 39.8 Å². The standard InChI is InChI=1S/C22H18ClN5O.CH4/c1-24-22(29)20-13-14(10-11-25-20)12-19-17-4-2-3-5-18(17)21(28-27-19)26-16-8-6-15(23)7-9-16;/h2-11,13H,12H2,1H3,(H,24,29)(H,26,28);1H4. The van der Waals surface area contributed by atoms with Gasteiger partial charge in [0, 0.05) is 41.1 Å². The maximum absolute atomic E-state index is 11.9. The lowest BCUT2D eigenvalue weighted by Gasteiger charge is -2.11. The summed E-state index contributed by atoms with van der Waals surface area (Å²) in [5, 5.41) is 17.4. The fourth-order valence-electron chi connectivity index (χ4n) is 3.08. The van der Waals surface area contributed by atoms with Gasteiger partial charge in [-0.15, -0.1) is 5.10 Å². The molecule has 0 saturated heterocycles. The van der Waals surface area contributed by atoms with E-state index in [-0.39, 0.29) is 13.3 Å². The SMILES string of the molecule is C.CNC(=O)c1cc(Cc2nnc(Nc3ccc(Cl)cc3)c3ccccc23)ccn1. The Kier molecular flexibility index (Phi) is 6.59. The number of aromatic nitrogens is 3. The zero-order valence-electron chi connectivity index (χ0n) is 15.7. The Hall–Kier alpha value is -3.51. The molecular weight excluding hydrogens is 398 g/mol. The molecule has 0 spiro atoms. The van der Waals surface area contributed by atoms with E-state index in [0.29, 0.717) is 23.0 Å². The second kappa shape index (κ2) is 9.33. The summed E-state index contributed by atoms with van der Waals surface area (Å²) in [5.41, 5.74) is 3.03. The molecule has 0 atom stereocenters. The van der Waals surface area contributed by atoms with Gasteiger partial charge in [0.25, 0.3) is 5.91 Å². The summed E-state index contributed by atoms with van der Waals surface area (Å²) in [6.45, 7) is 0. The molecule has 0 aliphatic heterocycles. The second-order valence-electron chi connectivity index (χ2n) is 6.48. The number of pyridine rings is 1. The minimum atomic E-state index is -0.217. The van der Waals surface area contributed by atoms with Crippen molar-refractivity contribution in [2.75, 3.05) is 12.4 Å². The fraction of sp³-hybridized carbons (Fsp3) is 0.130. The number of benzene rings is 2. The molecule has 7 heteroatoms. The average Bonchev–Trinajstić information content (AvgIpc) is 2.76. The molecule has 0 saturated carbocycles. The Morgan fingerprint density at radius 2 is 1.73 bits per heavy atom. The van der Waals surface area contributed by atoms with Gasteiger partial charge in [0.2, 0.25) is 0 Å². The van der Waals surface area contributed by atoms with E-state index in [1.54, 1.807) is 19.3 Å². The van der Waals surface area contributed by atoms with Crippen molar-refractivity contribution in [2.45, 2.75) is 13.8 Å². The molecule has 0 unspecified atom stereocenters. The van der Waals surface area contributed by atoms with E-state index in [4.69, 9.17) is 11.6 Å². The molecule has 0 fully saturated rings. The first-order chi connectivity index (χ1) is 14.1. The lowest BCUT2D eigenvalue weighted by Crippen LogP contribution is -2.19. The van der Waals surface area contributed by atoms with E-state index in [0.717, 1.165) is 27.7 Å². The van der Waals surface area contributed by atoms with Crippen LogP contribution in [0.4, 0.5) is 11.5 Å². The van der Waals surface area contributed by atoms with Crippen LogP contribution in [0.5, 0.6) is 0 Å². The average molecular weight is 420 g/mol. The third-order valence-corrected chi connectivity index (χ3v) is 4.78. The van der Waals surface area contributed by atoms with Gasteiger partial charge in [-0.2, -0.15) is 5.10 Å². The Bertz CT molecular complexity index is 1180. The molecule has 6 nitrogen and oxygen atoms in total. The van der Waals surface area contributed by atoms with Gasteiger partial charge in [-0.1, -0.05) is 43.3 Å². The Labute approximate surface area is 180 Å². The van der Waals surface area contributed by atoms with Crippen LogP contribution in [0, 0.1) is 0 Å². The molecule has 30 heavy (non-hydrogen) atoms. The Morgan fingerprint density at radius 1 is 1.00 bits per heavy atom. The number of nitrogens with zero attached hydrogens (tertiary/aromatic N) is 3. The van der Waals surface area contributed by atoms with Crippen LogP contribution in [0.15, 0.2) is 66.9 Å². The van der Waals surface area contributed by atoms with Crippen LogP contribution in [0.2, 0.25) is 5.02 Å². The molecule has 0 aliphatic rings. The number of nitrogens with one attached hydrogen (secondary N) is 2. The van der Waals surface area contributed by atoms with Crippen molar-refractivity contribution in [1.82, 2.24) is 20.5 Å². The third-order valence-electron chi connectivity index (χ3n) is 4.53. The largest absolute Gasteiger partial charge is 0.354 e. The van der Waals surface area contributed by atoms with Crippen molar-refractivity contribution in [1.29, 1.82) is 0 Å². The van der Waals surface area contributed by atoms with Crippen LogP contribution in [-0.4, -0.2) is 28.1 Å². The summed E-state index contributed by atoms with van der Waals surface area (Å²) in [4.78, 5) is 16.0. The highest BCUT2D eigenvalue weighted by Crippen LogP contribution is 2.27. The van der Waals surface area contributed by atoms with Crippen molar-refractivity contribution in [2.24, 2.45) is 0 Å². The number of amides is 1. The molecule has 0 radical (unpaired) electrons. The maximum Gasteiger partial charge on any atom is 0.269 e. The molecule has 4 aromatic rings. The second-order valence-corrected chi connectivity index (χ2v) is 6.91. The first-order valence-corrected chi connectivity index (χ1v) is 9.46. The molecule has 2 N–H and O–H groups in total. The van der Waals surface area contributed by atoms with Crippen LogP contribution in [-0.2, 0) is 6.42 Å². The Balaban J connectivity index is 0.00000256. The van der Waals surface area contributed by atoms with Crippen LogP contribution in [0.25, 0.3) is 10.8 Å². The summed E-state index contributed by atoms with van der Waals surface area (Å²) in [7, 11) is 1.59. The van der Waals surface area contributed by atoms with Crippen LogP contribution in [0.3, 0.4) is 0 Å². The number of anilines is 2. The molecule has 2 aromatic heterocycles. The summed E-state index contributed by atoms with van der Waals surface area (Å²) in [6.07, 6.45) is 2.17. The first-order valence-electron chi connectivity index (χ1n) is 9.08. The van der Waals surface area contributed by atoms with Gasteiger partial charge >= 0.3 is 0 Å². The number of hydrogen-bond acceptors (Lipinski definition) is 5. The van der Waals surface area contributed by atoms with E-state index in [1.807, 2.05) is 54.6 Å². The zero-order chi connectivity index (χ0) is 20.2. The van der Waals surface area contributed by atoms with Crippen LogP contribution in [0.1, 0.15) is 29.2 Å². The normalized spacial score (nSPS) is 10.3. The fourth-order valence-corrected chi connectivity index (χ4v) is 3.21. The van der Waals surface area contributed by atoms with E-state index in [1.165, 1.54) is 0 Å². The summed E-state index contributed by atoms with van der Waals surface area (Å²) >= 11 is 5.96. The van der Waals surface area contributed by atoms with Gasteiger partial charge < -0.3 is 10.6 Å². The van der Waals surface area contributed by atoms with Gasteiger partial charge in [0.1, 0.15) is 5.69 Å². The number of halogens is 1. The topological polar surface area (TPSA) is 79.8 Å². The molecule has 1 amide bonds. The molecule has 2 heterocycles. The summed E-state index contributed by atoms with van der Waals surface area (Å²) in [5.74, 6) is 0.456. The van der Waals surface area contributed by atoms with Gasteiger partial charge in [0.05, 0.1) is 5.69 Å². The predicted octanol–water partition coefficient (Wildman–Crippen LogP) is 5.01. The number of fused-ring (bicyclic) bond motifs is 1. The molecule has 2 aromatic carbocycles. The van der Waals surface area contributed by atoms with Crippen molar-refractivity contribution in [3.05, 3.63) is 88.8 Å². The van der Waals surface area contributed by atoms with Crippen LogP contribution >= 0.6 is 11.6 Å². The first kappa shape index (κ1) is 21.2. The van der Waals surface area contributed by atoms with Gasteiger partial charge in [-0.3, -0.25) is 9.78 Å². The monoisotopic (exact) mass is 419 g/mol. The highest BCUT2D eigenvalue weighted by atomic mass is 35.5. The molecular formula is C23H22ClN5O. The number of hydrogen-bond donors (Lipinski definition) is 2. The lowest BCUT2D eigenvalue weighted by molar-refractivity contribution is 0.0958. The van der Waals surface area contributed by atoms with E-state index in [2.05, 4.69) is 25.8 Å². The minimum Gasteiger partial charge on any atom is -0.354 e. The lowest BCUT2D eigenvalue weighted by atomic mass is 10.0. The van der Waals surface area contributed by atoms with Gasteiger partial charge in [0.15, 0.2) is 5.82 Å². The highest BCUT2D eigenvalue weighted by Gasteiger charge is 2.12. The third kappa shape index (κ3) is 4.55. The zero-order valence-corrected chi connectivity index (χ0v) is 16.4. The van der Waals surface area contributed by atoms with E-state index >= 15 is 0 Å². The predicted molar refractivity (Wildman–Crippen MR) is 121 cm³/mol. The summed E-state index contributed by atoms with van der Waals surface area (Å²) < 4.78 is 0. The Morgan fingerprint density at radius 3 is 2.47 bits per heavy atom. The number of rotatable bonds is 5. The molecule has 0 aliphatic carbocycles. The molecule has 152 valence electrons. The quantitative estimate of drug-likeness (QED) is 0.475. The van der Waals surface area contributed by atoms with E-state index in [9.17, 15) is 4.79 Å².